The minimum atomic E-state index is 0.673. The van der Waals surface area contributed by atoms with Gasteiger partial charge in [0.2, 0.25) is 0 Å². The molecule has 5 nitrogen and oxygen atoms in total. The zero-order valence-electron chi connectivity index (χ0n) is 11.3. The third-order valence-electron chi connectivity index (χ3n) is 3.03. The van der Waals surface area contributed by atoms with Crippen molar-refractivity contribution in [1.82, 2.24) is 9.97 Å². The number of fused-ring (bicyclic) bond motifs is 1. The van der Waals surface area contributed by atoms with Crippen molar-refractivity contribution in [3.8, 4) is 5.75 Å². The van der Waals surface area contributed by atoms with Crippen LogP contribution in [0.3, 0.4) is 0 Å². The highest BCUT2D eigenvalue weighted by Crippen LogP contribution is 2.29. The normalized spacial score (nSPS) is 10.6. The number of methoxy groups -OCH3 is 1. The van der Waals surface area contributed by atoms with Crippen molar-refractivity contribution in [3.63, 3.8) is 0 Å². The summed E-state index contributed by atoms with van der Waals surface area (Å²) in [6.45, 7) is 0. The Balaban J connectivity index is 2.05. The van der Waals surface area contributed by atoms with Gasteiger partial charge in [-0.2, -0.15) is 0 Å². The second-order valence-corrected chi connectivity index (χ2v) is 5.42. The summed E-state index contributed by atoms with van der Waals surface area (Å²) in [6, 6.07) is 11.3. The molecule has 6 heteroatoms. The minimum Gasteiger partial charge on any atom is -0.497 e. The lowest BCUT2D eigenvalue weighted by molar-refractivity contribution is 0.415. The highest BCUT2D eigenvalue weighted by Gasteiger charge is 2.06. The quantitative estimate of drug-likeness (QED) is 0.708. The summed E-state index contributed by atoms with van der Waals surface area (Å²) in [4.78, 5) is 8.53. The van der Waals surface area contributed by atoms with Gasteiger partial charge in [-0.25, -0.2) is 9.97 Å². The molecule has 0 fully saturated rings. The van der Waals surface area contributed by atoms with Crippen LogP contribution in [0.1, 0.15) is 0 Å². The highest BCUT2D eigenvalue weighted by atomic mass is 79.9. The van der Waals surface area contributed by atoms with Crippen molar-refractivity contribution in [3.05, 3.63) is 47.2 Å². The highest BCUT2D eigenvalue weighted by molar-refractivity contribution is 9.10. The third-order valence-corrected chi connectivity index (χ3v) is 3.49. The van der Waals surface area contributed by atoms with E-state index >= 15 is 0 Å². The van der Waals surface area contributed by atoms with E-state index in [1.807, 2.05) is 36.4 Å². The van der Waals surface area contributed by atoms with Gasteiger partial charge in [0.25, 0.3) is 0 Å². The summed E-state index contributed by atoms with van der Waals surface area (Å²) in [5, 5.41) is 4.14. The smallest absolute Gasteiger partial charge is 0.141 e. The summed E-state index contributed by atoms with van der Waals surface area (Å²) in [5.74, 6) is 1.46. The van der Waals surface area contributed by atoms with E-state index in [2.05, 4.69) is 31.2 Å². The lowest BCUT2D eigenvalue weighted by atomic mass is 10.2. The largest absolute Gasteiger partial charge is 0.497 e. The number of nitrogen functional groups attached to an aromatic ring is 1. The fourth-order valence-corrected chi connectivity index (χ4v) is 2.54. The monoisotopic (exact) mass is 344 g/mol. The molecule has 0 aliphatic carbocycles. The van der Waals surface area contributed by atoms with Crippen molar-refractivity contribution in [1.29, 1.82) is 0 Å². The lowest BCUT2D eigenvalue weighted by Crippen LogP contribution is -1.97. The molecule has 0 saturated heterocycles. The molecule has 0 saturated carbocycles. The number of nitrogens with one attached hydrogen (secondary N) is 1. The summed E-state index contributed by atoms with van der Waals surface area (Å²) in [6.07, 6.45) is 1.52. The molecule has 0 aliphatic rings. The fourth-order valence-electron chi connectivity index (χ4n) is 2.06. The van der Waals surface area contributed by atoms with E-state index in [4.69, 9.17) is 10.5 Å². The second kappa shape index (κ2) is 5.57. The predicted molar refractivity (Wildman–Crippen MR) is 87.9 cm³/mol. The zero-order valence-corrected chi connectivity index (χ0v) is 12.9. The van der Waals surface area contributed by atoms with E-state index in [-0.39, 0.29) is 0 Å². The Kier molecular flexibility index (Phi) is 3.62. The van der Waals surface area contributed by atoms with Gasteiger partial charge in [-0.15, -0.1) is 0 Å². The number of ether oxygens (including phenoxy) is 1. The molecule has 0 spiro atoms. The molecule has 3 rings (SSSR count). The van der Waals surface area contributed by atoms with E-state index in [0.29, 0.717) is 11.5 Å². The molecule has 1 heterocycles. The third kappa shape index (κ3) is 2.90. The van der Waals surface area contributed by atoms with E-state index in [1.54, 1.807) is 7.11 Å². The number of aromatic nitrogens is 2. The topological polar surface area (TPSA) is 73.1 Å². The van der Waals surface area contributed by atoms with Gasteiger partial charge >= 0.3 is 0 Å². The van der Waals surface area contributed by atoms with Crippen LogP contribution >= 0.6 is 15.9 Å². The molecule has 0 atom stereocenters. The average Bonchev–Trinajstić information content (AvgIpc) is 2.47. The second-order valence-electron chi connectivity index (χ2n) is 4.50. The number of rotatable bonds is 3. The molecule has 3 N–H and O–H groups in total. The fraction of sp³-hybridized carbons (Fsp3) is 0.0667. The van der Waals surface area contributed by atoms with Crippen molar-refractivity contribution in [2.24, 2.45) is 0 Å². The van der Waals surface area contributed by atoms with Crippen molar-refractivity contribution in [2.75, 3.05) is 18.2 Å². The molecule has 0 bridgehead atoms. The van der Waals surface area contributed by atoms with Crippen LogP contribution in [0.5, 0.6) is 5.75 Å². The first-order chi connectivity index (χ1) is 10.2. The van der Waals surface area contributed by atoms with Crippen LogP contribution in [0.2, 0.25) is 0 Å². The van der Waals surface area contributed by atoms with Crippen LogP contribution in [-0.4, -0.2) is 17.1 Å². The number of nitrogens with zero attached hydrogens (tertiary/aromatic N) is 2. The number of anilines is 3. The number of benzene rings is 2. The summed E-state index contributed by atoms with van der Waals surface area (Å²) in [7, 11) is 1.63. The number of halogens is 1. The Labute approximate surface area is 130 Å². The van der Waals surface area contributed by atoms with E-state index < -0.39 is 0 Å². The van der Waals surface area contributed by atoms with Crippen LogP contribution in [0, 0.1) is 0 Å². The van der Waals surface area contributed by atoms with E-state index in [0.717, 1.165) is 26.8 Å². The molecule has 0 radical (unpaired) electrons. The van der Waals surface area contributed by atoms with E-state index in [9.17, 15) is 0 Å². The molecule has 0 unspecified atom stereocenters. The first-order valence-corrected chi connectivity index (χ1v) is 7.07. The number of hydrogen-bond donors (Lipinski definition) is 2. The van der Waals surface area contributed by atoms with Gasteiger partial charge in [-0.3, -0.25) is 0 Å². The maximum atomic E-state index is 5.85. The summed E-state index contributed by atoms with van der Waals surface area (Å²) >= 11 is 3.46. The van der Waals surface area contributed by atoms with Gasteiger partial charge < -0.3 is 15.8 Å². The SMILES string of the molecule is COc1cc(Br)cc(Nc2ncnc3ccc(N)cc23)c1. The Morgan fingerprint density at radius 3 is 2.81 bits per heavy atom. The molecule has 0 aliphatic heterocycles. The molecule has 3 aromatic rings. The van der Waals surface area contributed by atoms with Crippen LogP contribution in [0.25, 0.3) is 10.9 Å². The van der Waals surface area contributed by atoms with Crippen LogP contribution in [0.15, 0.2) is 47.2 Å². The zero-order chi connectivity index (χ0) is 14.8. The molecule has 106 valence electrons. The predicted octanol–water partition coefficient (Wildman–Crippen LogP) is 3.73. The first kappa shape index (κ1) is 13.6. The Hall–Kier alpha value is -2.34. The Morgan fingerprint density at radius 1 is 1.14 bits per heavy atom. The summed E-state index contributed by atoms with van der Waals surface area (Å²) in [5.41, 5.74) is 8.22. The van der Waals surface area contributed by atoms with Crippen LogP contribution in [-0.2, 0) is 0 Å². The van der Waals surface area contributed by atoms with E-state index in [1.165, 1.54) is 6.33 Å². The minimum absolute atomic E-state index is 0.673. The summed E-state index contributed by atoms with van der Waals surface area (Å²) < 4.78 is 6.18. The van der Waals surface area contributed by atoms with Crippen LogP contribution < -0.4 is 15.8 Å². The maximum absolute atomic E-state index is 5.85. The standard InChI is InChI=1S/C15H13BrN4O/c1-21-12-5-9(16)4-11(7-12)20-15-13-6-10(17)2-3-14(13)18-8-19-15/h2-8H,17H2,1H3,(H,18,19,20). The van der Waals surface area contributed by atoms with Gasteiger partial charge in [0.05, 0.1) is 12.6 Å². The number of hydrogen-bond acceptors (Lipinski definition) is 5. The van der Waals surface area contributed by atoms with Gasteiger partial charge in [0.15, 0.2) is 0 Å². The van der Waals surface area contributed by atoms with Gasteiger partial charge in [0, 0.05) is 27.3 Å². The van der Waals surface area contributed by atoms with Crippen molar-refractivity contribution < 1.29 is 4.74 Å². The Morgan fingerprint density at radius 2 is 2.00 bits per heavy atom. The van der Waals surface area contributed by atoms with Gasteiger partial charge in [-0.05, 0) is 30.3 Å². The maximum Gasteiger partial charge on any atom is 0.141 e. The molecule has 2 aromatic carbocycles. The molecule has 1 aromatic heterocycles. The molecular formula is C15H13BrN4O. The van der Waals surface area contributed by atoms with Gasteiger partial charge in [-0.1, -0.05) is 15.9 Å². The van der Waals surface area contributed by atoms with Gasteiger partial charge in [0.1, 0.15) is 17.9 Å². The Bertz CT molecular complexity index is 807. The number of nitrogens with two attached hydrogens (primary N) is 1. The average molecular weight is 345 g/mol. The first-order valence-electron chi connectivity index (χ1n) is 6.27. The molecule has 21 heavy (non-hydrogen) atoms. The van der Waals surface area contributed by atoms with Crippen molar-refractivity contribution >= 4 is 44.0 Å². The molecule has 0 amide bonds. The van der Waals surface area contributed by atoms with Crippen LogP contribution in [0.4, 0.5) is 17.2 Å². The lowest BCUT2D eigenvalue weighted by Gasteiger charge is -2.10. The molecular weight excluding hydrogens is 332 g/mol. The van der Waals surface area contributed by atoms with Crippen molar-refractivity contribution in [2.45, 2.75) is 0 Å².